The second-order valence-electron chi connectivity index (χ2n) is 6.66. The van der Waals surface area contributed by atoms with Gasteiger partial charge in [0.05, 0.1) is 5.60 Å². The maximum absolute atomic E-state index is 11.7. The maximum atomic E-state index is 11.7. The molecule has 0 bridgehead atoms. The highest BCUT2D eigenvalue weighted by molar-refractivity contribution is 8.13. The minimum atomic E-state index is -3.86. The van der Waals surface area contributed by atoms with E-state index in [-0.39, 0.29) is 22.4 Å². The predicted octanol–water partition coefficient (Wildman–Crippen LogP) is 3.65. The molecule has 0 spiro atoms. The number of rotatable bonds is 3. The third-order valence-corrected chi connectivity index (χ3v) is 4.97. The van der Waals surface area contributed by atoms with Crippen LogP contribution in [0.4, 0.5) is 0 Å². The molecule has 1 fully saturated rings. The van der Waals surface area contributed by atoms with Gasteiger partial charge in [-0.05, 0) is 52.3 Å². The van der Waals surface area contributed by atoms with Gasteiger partial charge in [-0.3, -0.25) is 0 Å². The largest absolute Gasteiger partial charge is 0.486 e. The Kier molecular flexibility index (Phi) is 4.06. The molecule has 118 valence electrons. The minimum Gasteiger partial charge on any atom is -0.486 e. The molecule has 0 aliphatic carbocycles. The van der Waals surface area contributed by atoms with Crippen LogP contribution < -0.4 is 4.74 Å². The first-order valence-corrected chi connectivity index (χ1v) is 9.14. The molecular formula is C15H21ClO4S. The maximum Gasteiger partial charge on any atom is 0.264 e. The molecule has 1 atom stereocenters. The van der Waals surface area contributed by atoms with E-state index in [0.29, 0.717) is 6.42 Å². The van der Waals surface area contributed by atoms with Crippen molar-refractivity contribution in [1.82, 2.24) is 0 Å². The van der Waals surface area contributed by atoms with Crippen LogP contribution >= 0.6 is 10.7 Å². The van der Waals surface area contributed by atoms with E-state index in [2.05, 4.69) is 0 Å². The molecule has 6 heteroatoms. The SMILES string of the molecule is Cc1ccc(OC2CC(C)(C)OC2(C)C)c(S(=O)(=O)Cl)c1. The molecule has 0 aromatic heterocycles. The average molecular weight is 333 g/mol. The zero-order valence-corrected chi connectivity index (χ0v) is 14.5. The fourth-order valence-electron chi connectivity index (χ4n) is 2.75. The molecule has 1 unspecified atom stereocenters. The number of halogens is 1. The van der Waals surface area contributed by atoms with Gasteiger partial charge in [0.1, 0.15) is 22.4 Å². The molecule has 2 rings (SSSR count). The van der Waals surface area contributed by atoms with E-state index >= 15 is 0 Å². The van der Waals surface area contributed by atoms with Crippen molar-refractivity contribution >= 4 is 19.7 Å². The fourth-order valence-corrected chi connectivity index (χ4v) is 3.80. The lowest BCUT2D eigenvalue weighted by atomic mass is 9.97. The van der Waals surface area contributed by atoms with Gasteiger partial charge in [0.15, 0.2) is 0 Å². The number of aryl methyl sites for hydroxylation is 1. The van der Waals surface area contributed by atoms with Crippen molar-refractivity contribution in [2.45, 2.75) is 63.2 Å². The Hall–Kier alpha value is -0.780. The first-order valence-electron chi connectivity index (χ1n) is 6.83. The number of hydrogen-bond donors (Lipinski definition) is 0. The molecule has 0 saturated carbocycles. The average Bonchev–Trinajstić information content (AvgIpc) is 2.47. The Labute approximate surface area is 130 Å². The van der Waals surface area contributed by atoms with Crippen molar-refractivity contribution in [3.8, 4) is 5.75 Å². The van der Waals surface area contributed by atoms with Crippen LogP contribution in [-0.2, 0) is 13.8 Å². The van der Waals surface area contributed by atoms with Gasteiger partial charge in [-0.2, -0.15) is 0 Å². The van der Waals surface area contributed by atoms with Gasteiger partial charge in [-0.15, -0.1) is 0 Å². The predicted molar refractivity (Wildman–Crippen MR) is 82.5 cm³/mol. The van der Waals surface area contributed by atoms with E-state index in [4.69, 9.17) is 20.2 Å². The van der Waals surface area contributed by atoms with Crippen molar-refractivity contribution in [3.63, 3.8) is 0 Å². The second kappa shape index (κ2) is 5.14. The molecule has 1 saturated heterocycles. The summed E-state index contributed by atoms with van der Waals surface area (Å²) in [6, 6.07) is 4.96. The van der Waals surface area contributed by atoms with Crippen LogP contribution in [0.3, 0.4) is 0 Å². The summed E-state index contributed by atoms with van der Waals surface area (Å²) >= 11 is 0. The summed E-state index contributed by atoms with van der Waals surface area (Å²) in [5.74, 6) is 0.273. The molecule has 1 heterocycles. The first kappa shape index (κ1) is 16.6. The van der Waals surface area contributed by atoms with Crippen LogP contribution in [0.25, 0.3) is 0 Å². The van der Waals surface area contributed by atoms with Gasteiger partial charge in [-0.25, -0.2) is 8.42 Å². The van der Waals surface area contributed by atoms with Gasteiger partial charge in [0.25, 0.3) is 9.05 Å². The van der Waals surface area contributed by atoms with Crippen LogP contribution in [-0.4, -0.2) is 25.7 Å². The van der Waals surface area contributed by atoms with E-state index < -0.39 is 14.7 Å². The summed E-state index contributed by atoms with van der Waals surface area (Å²) in [5.41, 5.74) is 0.00415. The van der Waals surface area contributed by atoms with E-state index in [1.54, 1.807) is 19.1 Å². The van der Waals surface area contributed by atoms with Crippen molar-refractivity contribution in [2.24, 2.45) is 0 Å². The van der Waals surface area contributed by atoms with Gasteiger partial charge in [-0.1, -0.05) is 6.07 Å². The van der Waals surface area contributed by atoms with Crippen LogP contribution in [0, 0.1) is 6.92 Å². The van der Waals surface area contributed by atoms with Gasteiger partial charge >= 0.3 is 0 Å². The van der Waals surface area contributed by atoms with Gasteiger partial charge in [0.2, 0.25) is 0 Å². The number of ether oxygens (including phenoxy) is 2. The molecule has 1 aliphatic heterocycles. The van der Waals surface area contributed by atoms with Crippen molar-refractivity contribution in [2.75, 3.05) is 0 Å². The highest BCUT2D eigenvalue weighted by Gasteiger charge is 2.47. The smallest absolute Gasteiger partial charge is 0.264 e. The zero-order chi connectivity index (χ0) is 16.1. The van der Waals surface area contributed by atoms with Gasteiger partial charge < -0.3 is 9.47 Å². The molecule has 1 aromatic rings. The lowest BCUT2D eigenvalue weighted by Gasteiger charge is -2.27. The quantitative estimate of drug-likeness (QED) is 0.793. The summed E-state index contributed by atoms with van der Waals surface area (Å²) in [7, 11) is 1.65. The van der Waals surface area contributed by atoms with Crippen molar-refractivity contribution < 1.29 is 17.9 Å². The van der Waals surface area contributed by atoms with Gasteiger partial charge in [0, 0.05) is 17.1 Å². The van der Waals surface area contributed by atoms with E-state index in [0.717, 1.165) is 5.56 Å². The van der Waals surface area contributed by atoms with Crippen LogP contribution in [0.2, 0.25) is 0 Å². The number of hydrogen-bond acceptors (Lipinski definition) is 4. The zero-order valence-electron chi connectivity index (χ0n) is 12.9. The van der Waals surface area contributed by atoms with E-state index in [9.17, 15) is 8.42 Å². The summed E-state index contributed by atoms with van der Waals surface area (Å²) in [4.78, 5) is 0.00433. The molecule has 1 aromatic carbocycles. The molecule has 0 amide bonds. The molecule has 4 nitrogen and oxygen atoms in total. The fraction of sp³-hybridized carbons (Fsp3) is 0.600. The Morgan fingerprint density at radius 2 is 1.90 bits per heavy atom. The Morgan fingerprint density at radius 1 is 1.29 bits per heavy atom. The second-order valence-corrected chi connectivity index (χ2v) is 9.20. The standard InChI is InChI=1S/C15H21ClO4S/c1-10-6-7-11(12(8-10)21(16,17)18)19-13-9-14(2,3)20-15(13,4)5/h6-8,13H,9H2,1-5H3. The number of benzene rings is 1. The van der Waals surface area contributed by atoms with Crippen LogP contribution in [0.15, 0.2) is 23.1 Å². The molecule has 0 N–H and O–H groups in total. The Morgan fingerprint density at radius 3 is 2.38 bits per heavy atom. The Bertz CT molecular complexity index is 650. The lowest BCUT2D eigenvalue weighted by Crippen LogP contribution is -2.37. The van der Waals surface area contributed by atoms with Crippen molar-refractivity contribution in [1.29, 1.82) is 0 Å². The normalized spacial score (nSPS) is 24.0. The summed E-state index contributed by atoms with van der Waals surface area (Å²) < 4.78 is 35.4. The monoisotopic (exact) mass is 332 g/mol. The Balaban J connectivity index is 2.37. The molecule has 21 heavy (non-hydrogen) atoms. The van der Waals surface area contributed by atoms with Crippen LogP contribution in [0.5, 0.6) is 5.75 Å². The molecule has 1 aliphatic rings. The molecular weight excluding hydrogens is 312 g/mol. The highest BCUT2D eigenvalue weighted by Crippen LogP contribution is 2.41. The highest BCUT2D eigenvalue weighted by atomic mass is 35.7. The lowest BCUT2D eigenvalue weighted by molar-refractivity contribution is -0.0848. The molecule has 0 radical (unpaired) electrons. The third kappa shape index (κ3) is 3.71. The summed E-state index contributed by atoms with van der Waals surface area (Å²) in [5, 5.41) is 0. The first-order chi connectivity index (χ1) is 9.41. The minimum absolute atomic E-state index is 0.00433. The van der Waals surface area contributed by atoms with E-state index in [1.807, 2.05) is 27.7 Å². The summed E-state index contributed by atoms with van der Waals surface area (Å²) in [6.07, 6.45) is 0.433. The van der Waals surface area contributed by atoms with E-state index in [1.165, 1.54) is 6.07 Å². The third-order valence-electron chi connectivity index (χ3n) is 3.62. The van der Waals surface area contributed by atoms with Crippen molar-refractivity contribution in [3.05, 3.63) is 23.8 Å². The summed E-state index contributed by atoms with van der Waals surface area (Å²) in [6.45, 7) is 9.67. The topological polar surface area (TPSA) is 52.6 Å². The van der Waals surface area contributed by atoms with Crippen LogP contribution in [0.1, 0.15) is 39.7 Å².